The van der Waals surface area contributed by atoms with Crippen LogP contribution in [0.4, 0.5) is 0 Å². The van der Waals surface area contributed by atoms with E-state index in [1.807, 2.05) is 33.0 Å². The van der Waals surface area contributed by atoms with Gasteiger partial charge in [0.05, 0.1) is 12.2 Å². The van der Waals surface area contributed by atoms with E-state index in [2.05, 4.69) is 27.1 Å². The molecule has 0 aliphatic heterocycles. The molecule has 1 saturated carbocycles. The number of nitrogens with zero attached hydrogens (tertiary/aromatic N) is 4. The molecule has 1 aliphatic carbocycles. The van der Waals surface area contributed by atoms with Gasteiger partial charge in [0.25, 0.3) is 0 Å². The third kappa shape index (κ3) is 3.54. The summed E-state index contributed by atoms with van der Waals surface area (Å²) in [5.74, 6) is 2.12. The maximum Gasteiger partial charge on any atom is 0.250 e. The van der Waals surface area contributed by atoms with E-state index >= 15 is 0 Å². The largest absolute Gasteiger partial charge is 0.477 e. The Kier molecular flexibility index (Phi) is 4.71. The lowest BCUT2D eigenvalue weighted by molar-refractivity contribution is 0.285. The fraction of sp³-hybridized carbons (Fsp3) is 0.364. The van der Waals surface area contributed by atoms with Crippen molar-refractivity contribution in [1.82, 2.24) is 19.5 Å². The quantitative estimate of drug-likeness (QED) is 0.683. The second-order valence-electron chi connectivity index (χ2n) is 7.54. The first-order valence-corrected chi connectivity index (χ1v) is 9.50. The molecule has 3 aromatic rings. The summed E-state index contributed by atoms with van der Waals surface area (Å²) in [4.78, 5) is 25.3. The maximum atomic E-state index is 11.9. The van der Waals surface area contributed by atoms with Crippen molar-refractivity contribution in [3.63, 3.8) is 0 Å². The topological polar surface area (TPSA) is 69.9 Å². The number of pyridine rings is 2. The van der Waals surface area contributed by atoms with Crippen LogP contribution in [0, 0.1) is 26.7 Å². The second kappa shape index (κ2) is 7.19. The van der Waals surface area contributed by atoms with Crippen molar-refractivity contribution < 1.29 is 4.74 Å². The van der Waals surface area contributed by atoms with Crippen LogP contribution in [0.2, 0.25) is 0 Å². The molecule has 1 fully saturated rings. The normalized spacial score (nSPS) is 18.1. The van der Waals surface area contributed by atoms with Gasteiger partial charge in [-0.1, -0.05) is 6.07 Å². The zero-order valence-electron chi connectivity index (χ0n) is 16.6. The van der Waals surface area contributed by atoms with E-state index in [9.17, 15) is 4.79 Å². The SMILES string of the molecule is Cc1ccc([C@H]2C[C@@H]2COc2nc(C)ncc2-c2ccc(=O)n(C)c2C)nc1. The lowest BCUT2D eigenvalue weighted by Gasteiger charge is -2.14. The first kappa shape index (κ1) is 18.3. The van der Waals surface area contributed by atoms with Crippen LogP contribution in [0.3, 0.4) is 0 Å². The van der Waals surface area contributed by atoms with Crippen LogP contribution in [-0.4, -0.2) is 26.1 Å². The van der Waals surface area contributed by atoms with Crippen LogP contribution in [-0.2, 0) is 7.05 Å². The molecule has 1 aliphatic rings. The maximum absolute atomic E-state index is 11.9. The lowest BCUT2D eigenvalue weighted by atomic mass is 10.1. The summed E-state index contributed by atoms with van der Waals surface area (Å²) in [6.07, 6.45) is 4.77. The average molecular weight is 376 g/mol. The number of hydrogen-bond donors (Lipinski definition) is 0. The average Bonchev–Trinajstić information content (AvgIpc) is 3.45. The summed E-state index contributed by atoms with van der Waals surface area (Å²) in [6, 6.07) is 7.58. The molecule has 0 amide bonds. The van der Waals surface area contributed by atoms with Gasteiger partial charge >= 0.3 is 0 Å². The standard InChI is InChI=1S/C22H24N4O2/c1-13-5-7-20(24-10-13)18-9-16(18)12-28-22-19(11-23-15(3)25-22)17-6-8-21(27)26(4)14(17)2/h5-8,10-11,16,18H,9,12H2,1-4H3/t16-,18+/m1/s1. The van der Waals surface area contributed by atoms with Crippen molar-refractivity contribution >= 4 is 0 Å². The highest BCUT2D eigenvalue weighted by Crippen LogP contribution is 2.47. The van der Waals surface area contributed by atoms with E-state index in [4.69, 9.17) is 4.74 Å². The molecule has 0 spiro atoms. The monoisotopic (exact) mass is 376 g/mol. The van der Waals surface area contributed by atoms with Gasteiger partial charge in [-0.2, -0.15) is 4.98 Å². The molecule has 28 heavy (non-hydrogen) atoms. The Hall–Kier alpha value is -3.02. The van der Waals surface area contributed by atoms with Gasteiger partial charge in [0, 0.05) is 54.3 Å². The Labute approximate surface area is 164 Å². The molecular weight excluding hydrogens is 352 g/mol. The molecule has 0 radical (unpaired) electrons. The molecule has 4 rings (SSSR count). The minimum atomic E-state index is -0.0387. The second-order valence-corrected chi connectivity index (χ2v) is 7.54. The summed E-state index contributed by atoms with van der Waals surface area (Å²) in [7, 11) is 1.76. The molecule has 0 unspecified atom stereocenters. The molecule has 6 heteroatoms. The van der Waals surface area contributed by atoms with Crippen LogP contribution >= 0.6 is 0 Å². The van der Waals surface area contributed by atoms with Crippen LogP contribution in [0.5, 0.6) is 5.88 Å². The van der Waals surface area contributed by atoms with Gasteiger partial charge in [0.1, 0.15) is 5.82 Å². The van der Waals surface area contributed by atoms with Gasteiger partial charge in [0.2, 0.25) is 11.4 Å². The highest BCUT2D eigenvalue weighted by molar-refractivity contribution is 5.69. The van der Waals surface area contributed by atoms with Gasteiger partial charge in [-0.25, -0.2) is 4.98 Å². The van der Waals surface area contributed by atoms with Crippen molar-refractivity contribution in [2.45, 2.75) is 33.1 Å². The summed E-state index contributed by atoms with van der Waals surface area (Å²) < 4.78 is 7.75. The fourth-order valence-electron chi connectivity index (χ4n) is 3.44. The number of aromatic nitrogens is 4. The summed E-state index contributed by atoms with van der Waals surface area (Å²) in [5, 5.41) is 0. The summed E-state index contributed by atoms with van der Waals surface area (Å²) in [6.45, 7) is 6.40. The Morgan fingerprint density at radius 2 is 1.89 bits per heavy atom. The zero-order valence-corrected chi connectivity index (χ0v) is 16.6. The van der Waals surface area contributed by atoms with Crippen LogP contribution in [0.1, 0.15) is 35.1 Å². The molecule has 6 nitrogen and oxygen atoms in total. The zero-order chi connectivity index (χ0) is 19.8. The molecule has 0 saturated heterocycles. The smallest absolute Gasteiger partial charge is 0.250 e. The van der Waals surface area contributed by atoms with Crippen molar-refractivity contribution in [2.24, 2.45) is 13.0 Å². The van der Waals surface area contributed by atoms with E-state index in [1.54, 1.807) is 23.9 Å². The molecule has 144 valence electrons. The third-order valence-corrected chi connectivity index (χ3v) is 5.45. The Morgan fingerprint density at radius 3 is 2.64 bits per heavy atom. The highest BCUT2D eigenvalue weighted by Gasteiger charge is 2.40. The highest BCUT2D eigenvalue weighted by atomic mass is 16.5. The van der Waals surface area contributed by atoms with E-state index in [1.165, 1.54) is 5.56 Å². The Balaban J connectivity index is 1.54. The number of ether oxygens (including phenoxy) is 1. The Morgan fingerprint density at radius 1 is 1.07 bits per heavy atom. The first-order chi connectivity index (χ1) is 13.4. The van der Waals surface area contributed by atoms with Crippen molar-refractivity contribution in [2.75, 3.05) is 6.61 Å². The van der Waals surface area contributed by atoms with Crippen molar-refractivity contribution in [3.05, 3.63) is 69.8 Å². The summed E-state index contributed by atoms with van der Waals surface area (Å²) >= 11 is 0. The molecule has 0 aromatic carbocycles. The van der Waals surface area contributed by atoms with Gasteiger partial charge in [0.15, 0.2) is 0 Å². The van der Waals surface area contributed by atoms with Gasteiger partial charge in [-0.3, -0.25) is 9.78 Å². The van der Waals surface area contributed by atoms with Gasteiger partial charge < -0.3 is 9.30 Å². The third-order valence-electron chi connectivity index (χ3n) is 5.45. The lowest BCUT2D eigenvalue weighted by Crippen LogP contribution is -2.18. The van der Waals surface area contributed by atoms with E-state index in [0.717, 1.165) is 28.9 Å². The van der Waals surface area contributed by atoms with E-state index < -0.39 is 0 Å². The van der Waals surface area contributed by atoms with Crippen molar-refractivity contribution in [3.8, 4) is 17.0 Å². The number of hydrogen-bond acceptors (Lipinski definition) is 5. The number of aryl methyl sites for hydroxylation is 2. The number of rotatable bonds is 5. The minimum absolute atomic E-state index is 0.0387. The van der Waals surface area contributed by atoms with Gasteiger partial charge in [-0.05, 0) is 44.9 Å². The molecule has 0 N–H and O–H groups in total. The van der Waals surface area contributed by atoms with Crippen molar-refractivity contribution in [1.29, 1.82) is 0 Å². The predicted octanol–water partition coefficient (Wildman–Crippen LogP) is 3.35. The summed E-state index contributed by atoms with van der Waals surface area (Å²) in [5.41, 5.74) is 4.84. The molecule has 3 heterocycles. The van der Waals surface area contributed by atoms with Crippen LogP contribution < -0.4 is 10.3 Å². The predicted molar refractivity (Wildman–Crippen MR) is 108 cm³/mol. The molecule has 2 atom stereocenters. The van der Waals surface area contributed by atoms with Crippen LogP contribution in [0.25, 0.3) is 11.1 Å². The molecule has 3 aromatic heterocycles. The minimum Gasteiger partial charge on any atom is -0.477 e. The Bertz CT molecular complexity index is 1070. The van der Waals surface area contributed by atoms with E-state index in [0.29, 0.717) is 30.1 Å². The van der Waals surface area contributed by atoms with Crippen LogP contribution in [0.15, 0.2) is 41.5 Å². The molecule has 0 bridgehead atoms. The first-order valence-electron chi connectivity index (χ1n) is 9.50. The molecular formula is C22H24N4O2. The van der Waals surface area contributed by atoms with Gasteiger partial charge in [-0.15, -0.1) is 0 Å². The fourth-order valence-corrected chi connectivity index (χ4v) is 3.44. The van der Waals surface area contributed by atoms with E-state index in [-0.39, 0.29) is 5.56 Å².